The van der Waals surface area contributed by atoms with Crippen LogP contribution in [0, 0.1) is 10.8 Å². The van der Waals surface area contributed by atoms with E-state index in [9.17, 15) is 9.59 Å². The molecule has 5 aliphatic rings. The lowest BCUT2D eigenvalue weighted by Gasteiger charge is -2.51. The molecule has 2 amide bonds. The van der Waals surface area contributed by atoms with E-state index in [1.165, 1.54) is 40.7 Å². The van der Waals surface area contributed by atoms with E-state index in [1.807, 2.05) is 57.4 Å². The van der Waals surface area contributed by atoms with Gasteiger partial charge in [-0.2, -0.15) is 0 Å². The zero-order valence-electron chi connectivity index (χ0n) is 32.4. The van der Waals surface area contributed by atoms with E-state index in [0.29, 0.717) is 5.92 Å². The molecule has 2 saturated heterocycles. The highest BCUT2D eigenvalue weighted by atomic mass is 79.9. The Morgan fingerprint density at radius 3 is 1.52 bits per heavy atom. The Labute approximate surface area is 319 Å². The fourth-order valence-corrected chi connectivity index (χ4v) is 8.33. The standard InChI is InChI=1S/C23H31NO3.C20H26BrNO3/c1-22(2,3)27-21(25)24-14-23(15-24)11-9-16(10-12-23)18-7-8-19(17-5-6-17)20(13-18)26-4;1-19(2,3)25-18(23)22-12-20(13-22)9-7-14(8-10-20)15-5-6-16(21)17(11-15)24-4/h7-9,13,17H,5-6,10-12,14-15H2,1-4H3;5-7,11H,8-10,12-13H2,1-4H3. The minimum absolute atomic E-state index is 0.177. The molecule has 8 nitrogen and oxygen atoms in total. The molecule has 0 atom stereocenters. The van der Waals surface area contributed by atoms with Crippen molar-refractivity contribution in [2.45, 2.75) is 110 Å². The smallest absolute Gasteiger partial charge is 0.410 e. The third-order valence-electron chi connectivity index (χ3n) is 11.0. The Balaban J connectivity index is 0.000000179. The van der Waals surface area contributed by atoms with E-state index in [0.717, 1.165) is 80.7 Å². The summed E-state index contributed by atoms with van der Waals surface area (Å²) in [5, 5.41) is 0. The molecule has 0 aromatic heterocycles. The quantitative estimate of drug-likeness (QED) is 0.301. The van der Waals surface area contributed by atoms with Gasteiger partial charge in [0.25, 0.3) is 0 Å². The molecule has 282 valence electrons. The molecule has 2 aromatic rings. The van der Waals surface area contributed by atoms with Gasteiger partial charge in [-0.15, -0.1) is 0 Å². The second-order valence-electron chi connectivity index (χ2n) is 17.6. The number of benzene rings is 2. The van der Waals surface area contributed by atoms with Crippen molar-refractivity contribution in [3.63, 3.8) is 0 Å². The zero-order chi connectivity index (χ0) is 37.5. The van der Waals surface area contributed by atoms with Gasteiger partial charge in [0.15, 0.2) is 0 Å². The van der Waals surface area contributed by atoms with Gasteiger partial charge in [0, 0.05) is 37.0 Å². The molecule has 0 N–H and O–H groups in total. The average Bonchev–Trinajstić information content (AvgIpc) is 3.91. The second-order valence-corrected chi connectivity index (χ2v) is 18.5. The van der Waals surface area contributed by atoms with Crippen molar-refractivity contribution >= 4 is 39.3 Å². The third-order valence-corrected chi connectivity index (χ3v) is 11.6. The van der Waals surface area contributed by atoms with Gasteiger partial charge < -0.3 is 28.7 Å². The Hall–Kier alpha value is -3.46. The van der Waals surface area contributed by atoms with Crippen molar-refractivity contribution in [3.8, 4) is 11.5 Å². The van der Waals surface area contributed by atoms with Gasteiger partial charge in [0.2, 0.25) is 0 Å². The monoisotopic (exact) mass is 776 g/mol. The van der Waals surface area contributed by atoms with E-state index in [1.54, 1.807) is 14.2 Å². The fraction of sp³-hybridized carbons (Fsp3) is 0.581. The number of methoxy groups -OCH3 is 2. The van der Waals surface area contributed by atoms with Gasteiger partial charge in [0.05, 0.1) is 18.7 Å². The first-order valence-electron chi connectivity index (χ1n) is 18.9. The Morgan fingerprint density at radius 2 is 1.13 bits per heavy atom. The summed E-state index contributed by atoms with van der Waals surface area (Å²) in [6, 6.07) is 13.0. The predicted molar refractivity (Wildman–Crippen MR) is 210 cm³/mol. The lowest BCUT2D eigenvalue weighted by molar-refractivity contribution is -0.0375. The van der Waals surface area contributed by atoms with Gasteiger partial charge in [-0.1, -0.05) is 30.4 Å². The number of hydrogen-bond acceptors (Lipinski definition) is 6. The van der Waals surface area contributed by atoms with Gasteiger partial charge in [-0.25, -0.2) is 9.59 Å². The number of rotatable bonds is 5. The van der Waals surface area contributed by atoms with Gasteiger partial charge in [-0.05, 0) is 161 Å². The van der Waals surface area contributed by atoms with Crippen LogP contribution in [0.15, 0.2) is 53.0 Å². The van der Waals surface area contributed by atoms with Crippen LogP contribution in [-0.2, 0) is 9.47 Å². The highest BCUT2D eigenvalue weighted by molar-refractivity contribution is 9.10. The highest BCUT2D eigenvalue weighted by Crippen LogP contribution is 2.49. The van der Waals surface area contributed by atoms with Crippen molar-refractivity contribution in [3.05, 3.63) is 69.7 Å². The van der Waals surface area contributed by atoms with Crippen LogP contribution in [-0.4, -0.2) is 73.6 Å². The SMILES string of the molecule is COc1cc(C2=CCC3(CC2)CN(C(=O)OC(C)(C)C)C3)ccc1Br.COc1cc(C2=CCC3(CC2)CN(C(=O)OC(C)(C)C)C3)ccc1C1CC1. The highest BCUT2D eigenvalue weighted by Gasteiger charge is 2.48. The normalized spacial score (nSPS) is 20.4. The molecule has 3 aliphatic carbocycles. The van der Waals surface area contributed by atoms with Crippen molar-refractivity contribution < 1.29 is 28.5 Å². The third kappa shape index (κ3) is 9.00. The summed E-state index contributed by atoms with van der Waals surface area (Å²) in [6.07, 6.45) is 13.3. The summed E-state index contributed by atoms with van der Waals surface area (Å²) in [6.45, 7) is 14.7. The largest absolute Gasteiger partial charge is 0.496 e. The maximum atomic E-state index is 12.2. The summed E-state index contributed by atoms with van der Waals surface area (Å²) in [7, 11) is 3.46. The van der Waals surface area contributed by atoms with Gasteiger partial charge in [-0.3, -0.25) is 0 Å². The summed E-state index contributed by atoms with van der Waals surface area (Å²) in [4.78, 5) is 28.0. The number of allylic oxidation sites excluding steroid dienone is 4. The van der Waals surface area contributed by atoms with Crippen molar-refractivity contribution in [2.75, 3.05) is 40.4 Å². The topological polar surface area (TPSA) is 77.5 Å². The minimum Gasteiger partial charge on any atom is -0.496 e. The summed E-state index contributed by atoms with van der Waals surface area (Å²) >= 11 is 3.50. The molecule has 0 bridgehead atoms. The zero-order valence-corrected chi connectivity index (χ0v) is 34.0. The minimum atomic E-state index is -0.430. The van der Waals surface area contributed by atoms with Crippen molar-refractivity contribution in [2.24, 2.45) is 10.8 Å². The molecule has 1 saturated carbocycles. The van der Waals surface area contributed by atoms with Crippen LogP contribution in [0.2, 0.25) is 0 Å². The Kier molecular flexibility index (Phi) is 10.9. The fourth-order valence-electron chi connectivity index (χ4n) is 7.93. The molecule has 2 heterocycles. The van der Waals surface area contributed by atoms with E-state index in [4.69, 9.17) is 18.9 Å². The predicted octanol–water partition coefficient (Wildman–Crippen LogP) is 10.6. The van der Waals surface area contributed by atoms with Crippen LogP contribution in [0.1, 0.15) is 116 Å². The van der Waals surface area contributed by atoms with Gasteiger partial charge in [0.1, 0.15) is 22.7 Å². The molecular weight excluding hydrogens is 720 g/mol. The van der Waals surface area contributed by atoms with Crippen LogP contribution in [0.5, 0.6) is 11.5 Å². The summed E-state index contributed by atoms with van der Waals surface area (Å²) in [5.74, 6) is 2.60. The van der Waals surface area contributed by atoms with E-state index >= 15 is 0 Å². The molecule has 0 radical (unpaired) electrons. The van der Waals surface area contributed by atoms with E-state index in [2.05, 4.69) is 58.4 Å². The maximum absolute atomic E-state index is 12.2. The lowest BCUT2D eigenvalue weighted by Crippen LogP contribution is -2.59. The first kappa shape index (κ1) is 38.3. The molecule has 7 rings (SSSR count). The molecule has 0 unspecified atom stereocenters. The van der Waals surface area contributed by atoms with Crippen LogP contribution in [0.3, 0.4) is 0 Å². The number of carbonyl (C=O) groups is 2. The van der Waals surface area contributed by atoms with Crippen molar-refractivity contribution in [1.82, 2.24) is 9.80 Å². The molecule has 3 fully saturated rings. The molecule has 52 heavy (non-hydrogen) atoms. The number of amides is 2. The number of ether oxygens (including phenoxy) is 4. The van der Waals surface area contributed by atoms with E-state index < -0.39 is 11.2 Å². The lowest BCUT2D eigenvalue weighted by atomic mass is 9.69. The molecular formula is C43H57BrN2O6. The van der Waals surface area contributed by atoms with Crippen LogP contribution < -0.4 is 9.47 Å². The van der Waals surface area contributed by atoms with Crippen molar-refractivity contribution in [1.29, 1.82) is 0 Å². The Morgan fingerprint density at radius 1 is 0.692 bits per heavy atom. The number of nitrogens with zero attached hydrogens (tertiary/aromatic N) is 2. The number of halogens is 1. The summed E-state index contributed by atoms with van der Waals surface area (Å²) < 4.78 is 23.0. The molecule has 9 heteroatoms. The van der Waals surface area contributed by atoms with E-state index in [-0.39, 0.29) is 23.0 Å². The first-order chi connectivity index (χ1) is 24.5. The molecule has 2 aliphatic heterocycles. The second kappa shape index (κ2) is 14.8. The molecule has 2 spiro atoms. The Bertz CT molecular complexity index is 1720. The van der Waals surface area contributed by atoms with Gasteiger partial charge >= 0.3 is 12.2 Å². The average molecular weight is 778 g/mol. The van der Waals surface area contributed by atoms with Crippen LogP contribution >= 0.6 is 15.9 Å². The summed E-state index contributed by atoms with van der Waals surface area (Å²) in [5.41, 5.74) is 6.28. The van der Waals surface area contributed by atoms with Crippen LogP contribution in [0.4, 0.5) is 9.59 Å². The number of likely N-dealkylation sites (tertiary alicyclic amines) is 2. The number of carbonyl (C=O) groups excluding carboxylic acids is 2. The van der Waals surface area contributed by atoms with Crippen LogP contribution in [0.25, 0.3) is 11.1 Å². The molecule has 2 aromatic carbocycles. The maximum Gasteiger partial charge on any atom is 0.410 e. The number of hydrogen-bond donors (Lipinski definition) is 0. The first-order valence-corrected chi connectivity index (χ1v) is 19.7.